The monoisotopic (exact) mass is 333 g/mol. The molecule has 1 saturated heterocycles. The van der Waals surface area contributed by atoms with Crippen molar-refractivity contribution in [3.05, 3.63) is 16.0 Å². The van der Waals surface area contributed by atoms with Gasteiger partial charge in [0.2, 0.25) is 5.91 Å². The summed E-state index contributed by atoms with van der Waals surface area (Å²) in [6, 6.07) is 2.12. The van der Waals surface area contributed by atoms with Crippen LogP contribution in [0.3, 0.4) is 0 Å². The van der Waals surface area contributed by atoms with Crippen molar-refractivity contribution in [1.29, 1.82) is 5.26 Å². The average Bonchev–Trinajstić information content (AvgIpc) is 2.74. The van der Waals surface area contributed by atoms with E-state index in [0.717, 1.165) is 37.4 Å². The van der Waals surface area contributed by atoms with Gasteiger partial charge in [-0.2, -0.15) is 5.26 Å². The Morgan fingerprint density at radius 1 is 1.30 bits per heavy atom. The Kier molecular flexibility index (Phi) is 5.31. The maximum Gasteiger partial charge on any atom is 0.242 e. The Morgan fingerprint density at radius 3 is 2.78 bits per heavy atom. The van der Waals surface area contributed by atoms with Crippen LogP contribution in [0.4, 0.5) is 5.00 Å². The van der Waals surface area contributed by atoms with Crippen molar-refractivity contribution in [3.63, 3.8) is 0 Å². The number of rotatable bonds is 3. The number of nitriles is 1. The highest BCUT2D eigenvalue weighted by molar-refractivity contribution is 7.16. The van der Waals surface area contributed by atoms with Crippen molar-refractivity contribution < 1.29 is 9.53 Å². The molecule has 0 spiro atoms. The van der Waals surface area contributed by atoms with Gasteiger partial charge in [-0.15, -0.1) is 11.3 Å². The first kappa shape index (κ1) is 16.4. The molecule has 1 atom stereocenters. The van der Waals surface area contributed by atoms with Gasteiger partial charge in [-0.3, -0.25) is 9.69 Å². The van der Waals surface area contributed by atoms with Crippen molar-refractivity contribution in [2.45, 2.75) is 45.1 Å². The van der Waals surface area contributed by atoms with Crippen LogP contribution in [0, 0.1) is 11.3 Å². The Labute approximate surface area is 141 Å². The lowest BCUT2D eigenvalue weighted by molar-refractivity contribution is -0.122. The third-order valence-electron chi connectivity index (χ3n) is 4.74. The van der Waals surface area contributed by atoms with Gasteiger partial charge in [-0.25, -0.2) is 0 Å². The predicted molar refractivity (Wildman–Crippen MR) is 90.8 cm³/mol. The maximum atomic E-state index is 12.6. The van der Waals surface area contributed by atoms with Crippen LogP contribution in [0.15, 0.2) is 0 Å². The molecule has 3 rings (SSSR count). The predicted octanol–water partition coefficient (Wildman–Crippen LogP) is 2.55. The summed E-state index contributed by atoms with van der Waals surface area (Å²) in [4.78, 5) is 16.0. The Morgan fingerprint density at radius 2 is 2.04 bits per heavy atom. The van der Waals surface area contributed by atoms with Crippen molar-refractivity contribution in [2.24, 2.45) is 0 Å². The number of ether oxygens (including phenoxy) is 1. The number of hydrogen-bond acceptors (Lipinski definition) is 5. The number of morpholine rings is 1. The van der Waals surface area contributed by atoms with E-state index in [1.807, 2.05) is 6.92 Å². The number of anilines is 1. The molecule has 124 valence electrons. The molecule has 6 heteroatoms. The molecular weight excluding hydrogens is 310 g/mol. The summed E-state index contributed by atoms with van der Waals surface area (Å²) in [6.07, 6.45) is 5.53. The van der Waals surface area contributed by atoms with Crippen LogP contribution in [-0.4, -0.2) is 43.2 Å². The average molecular weight is 333 g/mol. The summed E-state index contributed by atoms with van der Waals surface area (Å²) in [5.41, 5.74) is 1.86. The number of amides is 1. The second-order valence-corrected chi connectivity index (χ2v) is 7.30. The first-order chi connectivity index (χ1) is 11.2. The summed E-state index contributed by atoms with van der Waals surface area (Å²) in [5, 5.41) is 13.3. The van der Waals surface area contributed by atoms with Gasteiger partial charge < -0.3 is 10.1 Å². The Bertz CT molecular complexity index is 614. The van der Waals surface area contributed by atoms with Gasteiger partial charge in [0.1, 0.15) is 11.1 Å². The molecular formula is C17H23N3O2S. The largest absolute Gasteiger partial charge is 0.379 e. The first-order valence-electron chi connectivity index (χ1n) is 8.38. The number of aryl methyl sites for hydroxylation is 1. The van der Waals surface area contributed by atoms with Crippen LogP contribution in [0.1, 0.15) is 42.2 Å². The van der Waals surface area contributed by atoms with E-state index in [4.69, 9.17) is 4.74 Å². The molecule has 2 aliphatic rings. The number of hydrogen-bond donors (Lipinski definition) is 1. The van der Waals surface area contributed by atoms with Crippen LogP contribution in [0.5, 0.6) is 0 Å². The lowest BCUT2D eigenvalue weighted by Crippen LogP contribution is -2.47. The number of thiophene rings is 1. The summed E-state index contributed by atoms with van der Waals surface area (Å²) < 4.78 is 5.34. The molecule has 23 heavy (non-hydrogen) atoms. The van der Waals surface area contributed by atoms with E-state index < -0.39 is 0 Å². The number of carbonyl (C=O) groups excluding carboxylic acids is 1. The van der Waals surface area contributed by atoms with Crippen LogP contribution in [-0.2, 0) is 22.4 Å². The fourth-order valence-corrected chi connectivity index (χ4v) is 4.54. The molecule has 0 saturated carbocycles. The molecule has 0 unspecified atom stereocenters. The Balaban J connectivity index is 1.74. The molecule has 0 aromatic carbocycles. The molecule has 1 aromatic heterocycles. The van der Waals surface area contributed by atoms with Crippen molar-refractivity contribution in [3.8, 4) is 6.07 Å². The standard InChI is InChI=1S/C17H23N3O2S/c1-12(20-7-9-22-10-8-20)16(21)19-17-14(11-18)13-5-3-2-4-6-15(13)23-17/h12H,2-10H2,1H3,(H,19,21)/t12-/m0/s1. The molecule has 1 N–H and O–H groups in total. The molecule has 0 bridgehead atoms. The highest BCUT2D eigenvalue weighted by atomic mass is 32.1. The van der Waals surface area contributed by atoms with Crippen molar-refractivity contribution in [2.75, 3.05) is 31.6 Å². The summed E-state index contributed by atoms with van der Waals surface area (Å²) in [5.74, 6) is -0.0280. The van der Waals surface area contributed by atoms with Gasteiger partial charge in [0, 0.05) is 18.0 Å². The van der Waals surface area contributed by atoms with Crippen LogP contribution < -0.4 is 5.32 Å². The SMILES string of the molecule is C[C@@H](C(=O)Nc1sc2c(c1C#N)CCCCC2)N1CCOCC1. The van der Waals surface area contributed by atoms with Gasteiger partial charge in [0.05, 0.1) is 24.8 Å². The van der Waals surface area contributed by atoms with Gasteiger partial charge in [-0.1, -0.05) is 6.42 Å². The summed E-state index contributed by atoms with van der Waals surface area (Å²) >= 11 is 1.59. The number of nitrogens with one attached hydrogen (secondary N) is 1. The smallest absolute Gasteiger partial charge is 0.242 e. The quantitative estimate of drug-likeness (QED) is 0.863. The van der Waals surface area contributed by atoms with E-state index in [9.17, 15) is 10.1 Å². The lowest BCUT2D eigenvalue weighted by atomic mass is 10.1. The van der Waals surface area contributed by atoms with Gasteiger partial charge in [0.25, 0.3) is 0 Å². The topological polar surface area (TPSA) is 65.4 Å². The third kappa shape index (κ3) is 3.57. The van der Waals surface area contributed by atoms with Crippen LogP contribution >= 0.6 is 11.3 Å². The van der Waals surface area contributed by atoms with Crippen LogP contribution in [0.25, 0.3) is 0 Å². The molecule has 1 fully saturated rings. The fourth-order valence-electron chi connectivity index (χ4n) is 3.30. The Hall–Kier alpha value is -1.42. The number of fused-ring (bicyclic) bond motifs is 1. The van der Waals surface area contributed by atoms with Crippen molar-refractivity contribution in [1.82, 2.24) is 4.90 Å². The van der Waals surface area contributed by atoms with Gasteiger partial charge in [-0.05, 0) is 38.2 Å². The molecule has 1 amide bonds. The molecule has 1 aromatic rings. The van der Waals surface area contributed by atoms with E-state index >= 15 is 0 Å². The minimum absolute atomic E-state index is 0.0280. The first-order valence-corrected chi connectivity index (χ1v) is 9.19. The van der Waals surface area contributed by atoms with E-state index in [1.54, 1.807) is 11.3 Å². The number of nitrogens with zero attached hydrogens (tertiary/aromatic N) is 2. The van der Waals surface area contributed by atoms with E-state index in [-0.39, 0.29) is 11.9 Å². The van der Waals surface area contributed by atoms with Gasteiger partial charge >= 0.3 is 0 Å². The lowest BCUT2D eigenvalue weighted by Gasteiger charge is -2.31. The minimum Gasteiger partial charge on any atom is -0.379 e. The zero-order valence-corrected chi connectivity index (χ0v) is 14.4. The molecule has 0 radical (unpaired) electrons. The summed E-state index contributed by atoms with van der Waals surface area (Å²) in [6.45, 7) is 4.83. The van der Waals surface area contributed by atoms with Crippen LogP contribution in [0.2, 0.25) is 0 Å². The van der Waals surface area contributed by atoms with Gasteiger partial charge in [0.15, 0.2) is 0 Å². The fraction of sp³-hybridized carbons (Fsp3) is 0.647. The molecule has 5 nitrogen and oxygen atoms in total. The zero-order valence-electron chi connectivity index (χ0n) is 13.6. The third-order valence-corrected chi connectivity index (χ3v) is 5.95. The summed E-state index contributed by atoms with van der Waals surface area (Å²) in [7, 11) is 0. The maximum absolute atomic E-state index is 12.6. The van der Waals surface area contributed by atoms with E-state index in [2.05, 4.69) is 16.3 Å². The molecule has 1 aliphatic heterocycles. The minimum atomic E-state index is -0.202. The zero-order chi connectivity index (χ0) is 16.2. The number of carbonyl (C=O) groups is 1. The molecule has 1 aliphatic carbocycles. The highest BCUT2D eigenvalue weighted by Crippen LogP contribution is 2.37. The second-order valence-electron chi connectivity index (χ2n) is 6.19. The van der Waals surface area contributed by atoms with E-state index in [1.165, 1.54) is 23.3 Å². The highest BCUT2D eigenvalue weighted by Gasteiger charge is 2.26. The van der Waals surface area contributed by atoms with E-state index in [0.29, 0.717) is 18.8 Å². The molecule has 2 heterocycles. The normalized spacial score (nSPS) is 20.2. The second kappa shape index (κ2) is 7.43. The van der Waals surface area contributed by atoms with Crippen molar-refractivity contribution >= 4 is 22.2 Å².